The van der Waals surface area contributed by atoms with Gasteiger partial charge in [0, 0.05) is 17.6 Å². The minimum atomic E-state index is -4.16. The van der Waals surface area contributed by atoms with Crippen LogP contribution in [-0.4, -0.2) is 54.0 Å². The number of nitrogens with zero attached hydrogens (tertiary/aromatic N) is 2. The lowest BCUT2D eigenvalue weighted by atomic mass is 10.1. The van der Waals surface area contributed by atoms with Crippen LogP contribution in [0.15, 0.2) is 53.4 Å². The molecule has 2 aromatic carbocycles. The van der Waals surface area contributed by atoms with Crippen LogP contribution in [0.2, 0.25) is 5.02 Å². The van der Waals surface area contributed by atoms with E-state index >= 15 is 0 Å². The summed E-state index contributed by atoms with van der Waals surface area (Å²) in [5, 5.41) is 3.41. The molecule has 0 aromatic heterocycles. The Labute approximate surface area is 204 Å². The molecule has 0 unspecified atom stereocenters. The van der Waals surface area contributed by atoms with Crippen LogP contribution >= 0.6 is 11.6 Å². The smallest absolute Gasteiger partial charge is 0.269 e. The highest BCUT2D eigenvalue weighted by Gasteiger charge is 2.43. The normalized spacial score (nSPS) is 16.0. The van der Waals surface area contributed by atoms with Gasteiger partial charge in [0.05, 0.1) is 5.56 Å². The van der Waals surface area contributed by atoms with Crippen LogP contribution < -0.4 is 5.32 Å². The van der Waals surface area contributed by atoms with Gasteiger partial charge >= 0.3 is 0 Å². The van der Waals surface area contributed by atoms with Gasteiger partial charge < -0.3 is 10.2 Å². The molecule has 0 saturated carbocycles. The van der Waals surface area contributed by atoms with Crippen molar-refractivity contribution in [3.8, 4) is 0 Å². The molecule has 1 aliphatic rings. The largest absolute Gasteiger partial charge is 0.352 e. The molecule has 0 bridgehead atoms. The monoisotopic (exact) mass is 505 g/mol. The lowest BCUT2D eigenvalue weighted by Crippen LogP contribution is -2.53. The van der Waals surface area contributed by atoms with E-state index in [-0.39, 0.29) is 29.0 Å². The molecule has 1 aliphatic heterocycles. The third-order valence-electron chi connectivity index (χ3n) is 5.84. The molecule has 34 heavy (non-hydrogen) atoms. The molecule has 1 heterocycles. The molecule has 0 radical (unpaired) electrons. The highest BCUT2D eigenvalue weighted by atomic mass is 35.5. The Morgan fingerprint density at radius 2 is 1.71 bits per heavy atom. The third kappa shape index (κ3) is 5.26. The fourth-order valence-electron chi connectivity index (χ4n) is 3.75. The van der Waals surface area contributed by atoms with Gasteiger partial charge in [0.2, 0.25) is 11.8 Å². The first-order valence-corrected chi connectivity index (χ1v) is 12.9. The zero-order valence-corrected chi connectivity index (χ0v) is 20.9. The Kier molecular flexibility index (Phi) is 7.99. The summed E-state index contributed by atoms with van der Waals surface area (Å²) in [6.07, 6.45) is 1.02. The van der Waals surface area contributed by atoms with Gasteiger partial charge in [-0.3, -0.25) is 14.4 Å². The van der Waals surface area contributed by atoms with Crippen LogP contribution in [0.3, 0.4) is 0 Å². The Balaban J connectivity index is 1.92. The van der Waals surface area contributed by atoms with Gasteiger partial charge in [0.15, 0.2) is 0 Å². The topological polar surface area (TPSA) is 104 Å². The van der Waals surface area contributed by atoms with Crippen molar-refractivity contribution in [1.82, 2.24) is 14.5 Å². The number of amides is 3. The number of halogens is 1. The minimum Gasteiger partial charge on any atom is -0.352 e. The second-order valence-corrected chi connectivity index (χ2v) is 10.5. The van der Waals surface area contributed by atoms with E-state index in [9.17, 15) is 22.8 Å². The van der Waals surface area contributed by atoms with E-state index in [0.29, 0.717) is 27.7 Å². The van der Waals surface area contributed by atoms with E-state index in [4.69, 9.17) is 11.6 Å². The van der Waals surface area contributed by atoms with Crippen LogP contribution in [0, 0.1) is 0 Å². The first-order chi connectivity index (χ1) is 16.1. The fourth-order valence-corrected chi connectivity index (χ4v) is 5.39. The van der Waals surface area contributed by atoms with Gasteiger partial charge in [0.25, 0.3) is 15.9 Å². The van der Waals surface area contributed by atoms with E-state index < -0.39 is 34.4 Å². The summed E-state index contributed by atoms with van der Waals surface area (Å²) < 4.78 is 26.5. The maximum atomic E-state index is 13.5. The molecular formula is C24H28ClN3O5S. The Bertz CT molecular complexity index is 1180. The van der Waals surface area contributed by atoms with Gasteiger partial charge in [-0.15, -0.1) is 0 Å². The summed E-state index contributed by atoms with van der Waals surface area (Å²) in [6.45, 7) is 4.93. The molecule has 3 amide bonds. The molecular weight excluding hydrogens is 478 g/mol. The number of rotatable bonds is 9. The molecule has 182 valence electrons. The van der Waals surface area contributed by atoms with Crippen molar-refractivity contribution < 1.29 is 22.8 Å². The summed E-state index contributed by atoms with van der Waals surface area (Å²) in [7, 11) is -4.16. The summed E-state index contributed by atoms with van der Waals surface area (Å²) in [5.74, 6) is -1.74. The Hall–Kier alpha value is -2.91. The second-order valence-electron chi connectivity index (χ2n) is 8.20. The molecule has 2 atom stereocenters. The summed E-state index contributed by atoms with van der Waals surface area (Å²) in [6, 6.07) is 11.7. The number of benzene rings is 2. The van der Waals surface area contributed by atoms with E-state index in [1.54, 1.807) is 37.3 Å². The van der Waals surface area contributed by atoms with Crippen molar-refractivity contribution in [1.29, 1.82) is 0 Å². The third-order valence-corrected chi connectivity index (χ3v) is 7.88. The van der Waals surface area contributed by atoms with Crippen LogP contribution in [0.5, 0.6) is 0 Å². The van der Waals surface area contributed by atoms with Crippen LogP contribution in [0.1, 0.15) is 49.5 Å². The number of hydrogen-bond donors (Lipinski definition) is 1. The molecule has 8 nitrogen and oxygen atoms in total. The number of nitrogens with one attached hydrogen (secondary N) is 1. The highest BCUT2D eigenvalue weighted by molar-refractivity contribution is 7.90. The molecule has 2 aromatic rings. The van der Waals surface area contributed by atoms with Gasteiger partial charge in [-0.2, -0.15) is 0 Å². The van der Waals surface area contributed by atoms with Gasteiger partial charge in [-0.1, -0.05) is 49.7 Å². The van der Waals surface area contributed by atoms with Gasteiger partial charge in [0.1, 0.15) is 17.5 Å². The average molecular weight is 506 g/mol. The molecule has 3 rings (SSSR count). The zero-order chi connectivity index (χ0) is 25.0. The number of sulfonamides is 1. The van der Waals surface area contributed by atoms with Gasteiger partial charge in [-0.05, 0) is 49.6 Å². The number of hydrogen-bond acceptors (Lipinski definition) is 5. The van der Waals surface area contributed by atoms with E-state index in [1.807, 2.05) is 13.8 Å². The zero-order valence-electron chi connectivity index (χ0n) is 19.3. The number of carbonyl (C=O) groups is 3. The lowest BCUT2D eigenvalue weighted by molar-refractivity contribution is -0.141. The van der Waals surface area contributed by atoms with E-state index in [0.717, 1.165) is 0 Å². The average Bonchev–Trinajstić information content (AvgIpc) is 3.00. The van der Waals surface area contributed by atoms with Crippen LogP contribution in [0.25, 0.3) is 0 Å². The first kappa shape index (κ1) is 25.7. The van der Waals surface area contributed by atoms with Crippen LogP contribution in [-0.2, 0) is 26.2 Å². The molecule has 0 fully saturated rings. The maximum Gasteiger partial charge on any atom is 0.269 e. The summed E-state index contributed by atoms with van der Waals surface area (Å²) in [5.41, 5.74) is 0.743. The van der Waals surface area contributed by atoms with E-state index in [1.165, 1.54) is 23.1 Å². The SMILES string of the molecule is CC[C@H](C(=O)N[C@@H](C)CC)N(Cc1ccc(Cl)cc1)C(=O)CN1C(=O)c2ccccc2S1(=O)=O. The highest BCUT2D eigenvalue weighted by Crippen LogP contribution is 2.30. The molecule has 0 spiro atoms. The maximum absolute atomic E-state index is 13.5. The quantitative estimate of drug-likeness (QED) is 0.563. The minimum absolute atomic E-state index is 0.0288. The van der Waals surface area contributed by atoms with Crippen molar-refractivity contribution in [3.05, 3.63) is 64.7 Å². The lowest BCUT2D eigenvalue weighted by Gasteiger charge is -2.32. The standard InChI is InChI=1S/C24H28ClN3O5S/c1-4-16(3)26-23(30)20(5-2)27(14-17-10-12-18(25)13-11-17)22(29)15-28-24(31)19-8-6-7-9-21(19)34(28,32)33/h6-13,16,20H,4-5,14-15H2,1-3H3,(H,26,30)/t16-,20+/m0/s1. The van der Waals surface area contributed by atoms with E-state index in [2.05, 4.69) is 5.32 Å². The predicted molar refractivity (Wildman–Crippen MR) is 129 cm³/mol. The molecule has 10 heteroatoms. The fraction of sp³-hybridized carbons (Fsp3) is 0.375. The molecule has 1 N–H and O–H groups in total. The van der Waals surface area contributed by atoms with Gasteiger partial charge in [-0.25, -0.2) is 12.7 Å². The summed E-state index contributed by atoms with van der Waals surface area (Å²) >= 11 is 5.97. The van der Waals surface area contributed by atoms with Crippen molar-refractivity contribution in [2.75, 3.05) is 6.54 Å². The number of carbonyl (C=O) groups excluding carboxylic acids is 3. The van der Waals surface area contributed by atoms with Crippen LogP contribution in [0.4, 0.5) is 0 Å². The number of fused-ring (bicyclic) bond motifs is 1. The Morgan fingerprint density at radius 3 is 2.29 bits per heavy atom. The summed E-state index contributed by atoms with van der Waals surface area (Å²) in [4.78, 5) is 40.5. The molecule has 0 saturated heterocycles. The van der Waals surface area contributed by atoms with Crippen molar-refractivity contribution in [3.63, 3.8) is 0 Å². The second kappa shape index (κ2) is 10.6. The Morgan fingerprint density at radius 1 is 1.06 bits per heavy atom. The first-order valence-electron chi connectivity index (χ1n) is 11.1. The van der Waals surface area contributed by atoms with Crippen molar-refractivity contribution in [2.24, 2.45) is 0 Å². The predicted octanol–water partition coefficient (Wildman–Crippen LogP) is 3.21. The van der Waals surface area contributed by atoms with Crippen molar-refractivity contribution >= 4 is 39.3 Å². The van der Waals surface area contributed by atoms with Crippen molar-refractivity contribution in [2.45, 2.75) is 57.1 Å². The molecule has 0 aliphatic carbocycles.